The van der Waals surface area contributed by atoms with Crippen LogP contribution in [0.3, 0.4) is 0 Å². The predicted molar refractivity (Wildman–Crippen MR) is 82.2 cm³/mol. The van der Waals surface area contributed by atoms with Gasteiger partial charge in [0.25, 0.3) is 10.0 Å². The van der Waals surface area contributed by atoms with Crippen molar-refractivity contribution in [2.75, 3.05) is 13.7 Å². The monoisotopic (exact) mass is 306 g/mol. The number of nitrogens with zero attached hydrogens (tertiary/aromatic N) is 1. The smallest absolute Gasteiger partial charge is 0.282 e. The summed E-state index contributed by atoms with van der Waals surface area (Å²) in [6, 6.07) is 10.2. The largest absolute Gasteiger partial charge is 0.384 e. The summed E-state index contributed by atoms with van der Waals surface area (Å²) in [6.45, 7) is 2.31. The van der Waals surface area contributed by atoms with E-state index in [1.165, 1.54) is 0 Å². The van der Waals surface area contributed by atoms with E-state index in [1.54, 1.807) is 49.7 Å². The van der Waals surface area contributed by atoms with Crippen molar-refractivity contribution in [1.82, 2.24) is 4.98 Å². The van der Waals surface area contributed by atoms with Crippen LogP contribution in [0.5, 0.6) is 0 Å². The summed E-state index contributed by atoms with van der Waals surface area (Å²) in [6.07, 6.45) is 2.15. The molecule has 0 aliphatic carbocycles. The van der Waals surface area contributed by atoms with Gasteiger partial charge in [0.15, 0.2) is 0 Å². The van der Waals surface area contributed by atoms with Crippen LogP contribution in [0.1, 0.15) is 17.7 Å². The molecule has 0 saturated heterocycles. The molecule has 112 valence electrons. The highest BCUT2D eigenvalue weighted by Crippen LogP contribution is 2.15. The van der Waals surface area contributed by atoms with Gasteiger partial charge in [0.2, 0.25) is 0 Å². The number of H-pyrrole nitrogens is 1. The molecule has 21 heavy (non-hydrogen) atoms. The van der Waals surface area contributed by atoms with E-state index in [-0.39, 0.29) is 4.90 Å². The molecular weight excluding hydrogens is 288 g/mol. The van der Waals surface area contributed by atoms with E-state index in [1.807, 2.05) is 6.92 Å². The Labute approximate surface area is 124 Å². The van der Waals surface area contributed by atoms with E-state index in [0.717, 1.165) is 5.56 Å². The van der Waals surface area contributed by atoms with Crippen molar-refractivity contribution in [2.45, 2.75) is 18.2 Å². The topological polar surface area (TPSA) is 71.5 Å². The number of methoxy groups -OCH3 is 1. The van der Waals surface area contributed by atoms with E-state index < -0.39 is 10.0 Å². The number of benzene rings is 1. The van der Waals surface area contributed by atoms with Crippen LogP contribution in [0.2, 0.25) is 0 Å². The van der Waals surface area contributed by atoms with Crippen LogP contribution in [-0.2, 0) is 14.8 Å². The Kier molecular flexibility index (Phi) is 4.93. The third-order valence-corrected chi connectivity index (χ3v) is 4.33. The van der Waals surface area contributed by atoms with Gasteiger partial charge in [-0.2, -0.15) is 12.8 Å². The van der Waals surface area contributed by atoms with Crippen molar-refractivity contribution in [3.8, 4) is 0 Å². The molecule has 2 aromatic rings. The van der Waals surface area contributed by atoms with Crippen molar-refractivity contribution in [2.24, 2.45) is 4.40 Å². The van der Waals surface area contributed by atoms with Gasteiger partial charge in [-0.05, 0) is 31.2 Å². The molecule has 0 radical (unpaired) electrons. The van der Waals surface area contributed by atoms with Crippen molar-refractivity contribution >= 4 is 15.7 Å². The zero-order chi connectivity index (χ0) is 15.3. The Morgan fingerprint density at radius 3 is 2.52 bits per heavy atom. The SMILES string of the molecule is COCC/C(=N\S(=O)(=O)c1ccc(C)cc1)c1ccc[nH]1. The number of sulfonamides is 1. The molecule has 1 heterocycles. The first-order valence-corrected chi connectivity index (χ1v) is 8.00. The molecule has 0 spiro atoms. The molecule has 6 heteroatoms. The van der Waals surface area contributed by atoms with Gasteiger partial charge < -0.3 is 9.72 Å². The van der Waals surface area contributed by atoms with Crippen LogP contribution in [0.25, 0.3) is 0 Å². The van der Waals surface area contributed by atoms with Crippen molar-refractivity contribution < 1.29 is 13.2 Å². The maximum Gasteiger partial charge on any atom is 0.282 e. The molecule has 1 N–H and O–H groups in total. The minimum atomic E-state index is -3.72. The summed E-state index contributed by atoms with van der Waals surface area (Å²) >= 11 is 0. The van der Waals surface area contributed by atoms with Gasteiger partial charge >= 0.3 is 0 Å². The van der Waals surface area contributed by atoms with E-state index >= 15 is 0 Å². The lowest BCUT2D eigenvalue weighted by atomic mass is 10.2. The molecule has 1 aromatic heterocycles. The third-order valence-electron chi connectivity index (χ3n) is 3.00. The van der Waals surface area contributed by atoms with Crippen molar-refractivity contribution in [3.05, 3.63) is 53.9 Å². The third kappa shape index (κ3) is 4.03. The molecule has 0 aliphatic rings. The molecule has 0 fully saturated rings. The Balaban J connectivity index is 2.38. The lowest BCUT2D eigenvalue weighted by molar-refractivity contribution is 0.207. The fraction of sp³-hybridized carbons (Fsp3) is 0.267. The summed E-state index contributed by atoms with van der Waals surface area (Å²) in [5.41, 5.74) is 2.15. The first-order chi connectivity index (χ1) is 10.0. The highest BCUT2D eigenvalue weighted by molar-refractivity contribution is 7.90. The number of hydrogen-bond acceptors (Lipinski definition) is 3. The van der Waals surface area contributed by atoms with E-state index in [2.05, 4.69) is 9.38 Å². The Morgan fingerprint density at radius 2 is 1.95 bits per heavy atom. The summed E-state index contributed by atoms with van der Waals surface area (Å²) in [5, 5.41) is 0. The molecular formula is C15H18N2O3S. The van der Waals surface area contributed by atoms with Crippen LogP contribution in [0.15, 0.2) is 51.9 Å². The Hall–Kier alpha value is -1.92. The van der Waals surface area contributed by atoms with Crippen LogP contribution >= 0.6 is 0 Å². The van der Waals surface area contributed by atoms with Crippen LogP contribution in [0, 0.1) is 6.92 Å². The number of rotatable bonds is 6. The minimum Gasteiger partial charge on any atom is -0.384 e. The fourth-order valence-corrected chi connectivity index (χ4v) is 2.91. The summed E-state index contributed by atoms with van der Waals surface area (Å²) in [5.74, 6) is 0. The minimum absolute atomic E-state index is 0.189. The number of ether oxygens (including phenoxy) is 1. The van der Waals surface area contributed by atoms with Gasteiger partial charge in [0.05, 0.1) is 22.9 Å². The lowest BCUT2D eigenvalue weighted by Gasteiger charge is -2.05. The van der Waals surface area contributed by atoms with Gasteiger partial charge in [-0.15, -0.1) is 0 Å². The first-order valence-electron chi connectivity index (χ1n) is 6.56. The normalized spacial score (nSPS) is 12.6. The number of hydrogen-bond donors (Lipinski definition) is 1. The van der Waals surface area contributed by atoms with E-state index in [4.69, 9.17) is 4.74 Å². The Morgan fingerprint density at radius 1 is 1.24 bits per heavy atom. The highest BCUT2D eigenvalue weighted by Gasteiger charge is 2.15. The molecule has 5 nitrogen and oxygen atoms in total. The zero-order valence-corrected chi connectivity index (χ0v) is 12.9. The second kappa shape index (κ2) is 6.69. The molecule has 0 atom stereocenters. The summed E-state index contributed by atoms with van der Waals surface area (Å²) in [4.78, 5) is 3.17. The van der Waals surface area contributed by atoms with Gasteiger partial charge in [0, 0.05) is 19.7 Å². The summed E-state index contributed by atoms with van der Waals surface area (Å²) in [7, 11) is -2.15. The average Bonchev–Trinajstić information content (AvgIpc) is 2.98. The molecule has 1 aromatic carbocycles. The zero-order valence-electron chi connectivity index (χ0n) is 12.0. The van der Waals surface area contributed by atoms with E-state index in [9.17, 15) is 8.42 Å². The number of nitrogens with one attached hydrogen (secondary N) is 1. The highest BCUT2D eigenvalue weighted by atomic mass is 32.2. The fourth-order valence-electron chi connectivity index (χ4n) is 1.85. The molecule has 0 bridgehead atoms. The van der Waals surface area contributed by atoms with Crippen LogP contribution < -0.4 is 0 Å². The number of aromatic amines is 1. The lowest BCUT2D eigenvalue weighted by Crippen LogP contribution is -2.09. The molecule has 0 saturated carbocycles. The summed E-state index contributed by atoms with van der Waals surface area (Å²) < 4.78 is 33.7. The van der Waals surface area contributed by atoms with Crippen LogP contribution in [0.4, 0.5) is 0 Å². The predicted octanol–water partition coefficient (Wildman–Crippen LogP) is 2.54. The van der Waals surface area contributed by atoms with E-state index in [0.29, 0.717) is 24.4 Å². The van der Waals surface area contributed by atoms with Crippen LogP contribution in [-0.4, -0.2) is 32.8 Å². The molecule has 0 unspecified atom stereocenters. The van der Waals surface area contributed by atoms with Crippen molar-refractivity contribution in [1.29, 1.82) is 0 Å². The van der Waals surface area contributed by atoms with Gasteiger partial charge in [-0.1, -0.05) is 17.7 Å². The van der Waals surface area contributed by atoms with Gasteiger partial charge in [0.1, 0.15) is 0 Å². The number of aromatic nitrogens is 1. The van der Waals surface area contributed by atoms with Gasteiger partial charge in [-0.3, -0.25) is 0 Å². The van der Waals surface area contributed by atoms with Gasteiger partial charge in [-0.25, -0.2) is 0 Å². The second-order valence-electron chi connectivity index (χ2n) is 4.65. The molecule has 0 aliphatic heterocycles. The standard InChI is InChI=1S/C15H18N2O3S/c1-12-5-7-13(8-6-12)21(18,19)17-15(9-11-20-2)14-4-3-10-16-14/h3-8,10,16H,9,11H2,1-2H3/b17-15+. The maximum absolute atomic E-state index is 12.4. The average molecular weight is 306 g/mol. The maximum atomic E-state index is 12.4. The second-order valence-corrected chi connectivity index (χ2v) is 6.26. The Bertz CT molecular complexity index is 702. The first kappa shape index (κ1) is 15.5. The number of aryl methyl sites for hydroxylation is 1. The van der Waals surface area contributed by atoms with Crippen molar-refractivity contribution in [3.63, 3.8) is 0 Å². The molecule has 0 amide bonds. The molecule has 2 rings (SSSR count). The quantitative estimate of drug-likeness (QED) is 0.834.